The van der Waals surface area contributed by atoms with Crippen molar-refractivity contribution in [2.24, 2.45) is 11.1 Å². The number of rotatable bonds is 5. The second-order valence-corrected chi connectivity index (χ2v) is 5.88. The molecule has 0 aromatic heterocycles. The minimum Gasteiger partial charge on any atom is -0.480 e. The number of carbonyl (C=O) groups is 2. The van der Waals surface area contributed by atoms with Crippen molar-refractivity contribution in [3.63, 3.8) is 0 Å². The predicted octanol–water partition coefficient (Wildman–Crippen LogP) is 1.02. The summed E-state index contributed by atoms with van der Waals surface area (Å²) in [6.07, 6.45) is 6.88. The Hall–Kier alpha value is -1.10. The van der Waals surface area contributed by atoms with E-state index >= 15 is 0 Å². The van der Waals surface area contributed by atoms with Gasteiger partial charge in [0, 0.05) is 6.42 Å². The minimum absolute atomic E-state index is 0.100. The van der Waals surface area contributed by atoms with Crippen molar-refractivity contribution in [3.8, 4) is 0 Å². The summed E-state index contributed by atoms with van der Waals surface area (Å²) in [6, 6.07) is 0. The summed E-state index contributed by atoms with van der Waals surface area (Å²) in [6.45, 7) is 0.514. The Morgan fingerprint density at radius 3 is 2.17 bits per heavy atom. The van der Waals surface area contributed by atoms with E-state index in [-0.39, 0.29) is 11.3 Å². The highest BCUT2D eigenvalue weighted by atomic mass is 16.4. The van der Waals surface area contributed by atoms with Crippen LogP contribution < -0.4 is 11.1 Å². The van der Waals surface area contributed by atoms with E-state index in [1.807, 2.05) is 0 Å². The van der Waals surface area contributed by atoms with Crippen LogP contribution in [-0.2, 0) is 9.59 Å². The molecule has 5 heteroatoms. The molecule has 1 amide bonds. The monoisotopic (exact) mass is 254 g/mol. The van der Waals surface area contributed by atoms with E-state index in [0.29, 0.717) is 25.8 Å². The van der Waals surface area contributed by atoms with Crippen LogP contribution in [0.3, 0.4) is 0 Å². The van der Waals surface area contributed by atoms with E-state index in [2.05, 4.69) is 5.32 Å². The van der Waals surface area contributed by atoms with E-state index in [9.17, 15) is 9.59 Å². The van der Waals surface area contributed by atoms with E-state index in [1.165, 1.54) is 6.42 Å². The SMILES string of the molecule is NCC1(CC(=O)NC2(C(=O)O)CC2)CCCCC1. The predicted molar refractivity (Wildman–Crippen MR) is 66.9 cm³/mol. The van der Waals surface area contributed by atoms with Crippen LogP contribution in [0.4, 0.5) is 0 Å². The second kappa shape index (κ2) is 4.88. The summed E-state index contributed by atoms with van der Waals surface area (Å²) in [4.78, 5) is 23.0. The molecule has 2 aliphatic carbocycles. The van der Waals surface area contributed by atoms with Crippen LogP contribution in [0.2, 0.25) is 0 Å². The quantitative estimate of drug-likeness (QED) is 0.683. The first-order chi connectivity index (χ1) is 8.52. The van der Waals surface area contributed by atoms with Crippen molar-refractivity contribution >= 4 is 11.9 Å². The number of carboxylic acids is 1. The Morgan fingerprint density at radius 1 is 1.11 bits per heavy atom. The van der Waals surface area contributed by atoms with Crippen LogP contribution in [0.15, 0.2) is 0 Å². The molecule has 18 heavy (non-hydrogen) atoms. The summed E-state index contributed by atoms with van der Waals surface area (Å²) in [5, 5.41) is 11.7. The Morgan fingerprint density at radius 2 is 1.72 bits per heavy atom. The second-order valence-electron chi connectivity index (χ2n) is 5.88. The lowest BCUT2D eigenvalue weighted by Crippen LogP contribution is -2.46. The van der Waals surface area contributed by atoms with E-state index in [4.69, 9.17) is 10.8 Å². The average molecular weight is 254 g/mol. The number of amides is 1. The van der Waals surface area contributed by atoms with Gasteiger partial charge in [-0.15, -0.1) is 0 Å². The molecule has 0 heterocycles. The Bertz CT molecular complexity index is 344. The molecule has 0 aromatic carbocycles. The minimum atomic E-state index is -0.971. The summed E-state index contributed by atoms with van der Waals surface area (Å²) in [5.41, 5.74) is 4.76. The topological polar surface area (TPSA) is 92.4 Å². The first kappa shape index (κ1) is 13.3. The zero-order chi connectivity index (χ0) is 13.2. The maximum Gasteiger partial charge on any atom is 0.329 e. The number of hydrogen-bond donors (Lipinski definition) is 3. The van der Waals surface area contributed by atoms with Gasteiger partial charge in [0.15, 0.2) is 0 Å². The Labute approximate surface area is 107 Å². The Kier molecular flexibility index (Phi) is 3.61. The third-order valence-electron chi connectivity index (χ3n) is 4.42. The highest BCUT2D eigenvalue weighted by Crippen LogP contribution is 2.40. The fourth-order valence-corrected chi connectivity index (χ4v) is 2.92. The first-order valence-electron chi connectivity index (χ1n) is 6.76. The molecule has 5 nitrogen and oxygen atoms in total. The van der Waals surface area contributed by atoms with Crippen molar-refractivity contribution < 1.29 is 14.7 Å². The summed E-state index contributed by atoms with van der Waals surface area (Å²) in [7, 11) is 0. The molecule has 0 bridgehead atoms. The van der Waals surface area contributed by atoms with Crippen molar-refractivity contribution in [2.45, 2.75) is 56.9 Å². The fourth-order valence-electron chi connectivity index (χ4n) is 2.92. The molecule has 2 aliphatic rings. The van der Waals surface area contributed by atoms with Gasteiger partial charge in [-0.3, -0.25) is 4.79 Å². The van der Waals surface area contributed by atoms with E-state index in [0.717, 1.165) is 25.7 Å². The van der Waals surface area contributed by atoms with Gasteiger partial charge >= 0.3 is 5.97 Å². The molecule has 0 saturated heterocycles. The van der Waals surface area contributed by atoms with Crippen LogP contribution in [-0.4, -0.2) is 29.1 Å². The maximum absolute atomic E-state index is 12.0. The van der Waals surface area contributed by atoms with Gasteiger partial charge < -0.3 is 16.2 Å². The van der Waals surface area contributed by atoms with Crippen LogP contribution in [0.5, 0.6) is 0 Å². The third-order valence-corrected chi connectivity index (χ3v) is 4.42. The highest BCUT2D eigenvalue weighted by molar-refractivity contribution is 5.89. The first-order valence-corrected chi connectivity index (χ1v) is 6.76. The molecule has 2 saturated carbocycles. The lowest BCUT2D eigenvalue weighted by molar-refractivity contribution is -0.143. The van der Waals surface area contributed by atoms with Crippen LogP contribution >= 0.6 is 0 Å². The van der Waals surface area contributed by atoms with Gasteiger partial charge in [0.1, 0.15) is 5.54 Å². The van der Waals surface area contributed by atoms with Crippen LogP contribution in [0.25, 0.3) is 0 Å². The van der Waals surface area contributed by atoms with Gasteiger partial charge in [0.05, 0.1) is 0 Å². The largest absolute Gasteiger partial charge is 0.480 e. The lowest BCUT2D eigenvalue weighted by Gasteiger charge is -2.36. The molecule has 102 valence electrons. The molecule has 0 spiro atoms. The molecule has 0 aliphatic heterocycles. The molecule has 0 atom stereocenters. The van der Waals surface area contributed by atoms with Crippen molar-refractivity contribution in [3.05, 3.63) is 0 Å². The van der Waals surface area contributed by atoms with Gasteiger partial charge in [0.25, 0.3) is 0 Å². The highest BCUT2D eigenvalue weighted by Gasteiger charge is 2.52. The number of carbonyl (C=O) groups excluding carboxylic acids is 1. The van der Waals surface area contributed by atoms with Crippen LogP contribution in [0.1, 0.15) is 51.4 Å². The number of nitrogens with two attached hydrogens (primary N) is 1. The van der Waals surface area contributed by atoms with Gasteiger partial charge in [-0.05, 0) is 37.6 Å². The zero-order valence-electron chi connectivity index (χ0n) is 10.7. The molecular formula is C13H22N2O3. The fraction of sp³-hybridized carbons (Fsp3) is 0.846. The van der Waals surface area contributed by atoms with Gasteiger partial charge in [-0.2, -0.15) is 0 Å². The molecule has 0 aromatic rings. The number of carboxylic acid groups (broad SMARTS) is 1. The van der Waals surface area contributed by atoms with E-state index in [1.54, 1.807) is 0 Å². The van der Waals surface area contributed by atoms with Crippen molar-refractivity contribution in [2.75, 3.05) is 6.54 Å². The number of nitrogens with one attached hydrogen (secondary N) is 1. The maximum atomic E-state index is 12.0. The van der Waals surface area contributed by atoms with Gasteiger partial charge in [-0.1, -0.05) is 19.3 Å². The van der Waals surface area contributed by atoms with E-state index < -0.39 is 11.5 Å². The molecule has 4 N–H and O–H groups in total. The lowest BCUT2D eigenvalue weighted by atomic mass is 9.71. The number of hydrogen-bond acceptors (Lipinski definition) is 3. The van der Waals surface area contributed by atoms with Crippen molar-refractivity contribution in [1.29, 1.82) is 0 Å². The zero-order valence-corrected chi connectivity index (χ0v) is 10.7. The molecular weight excluding hydrogens is 232 g/mol. The standard InChI is InChI=1S/C13H22N2O3/c14-9-12(4-2-1-3-5-12)8-10(16)15-13(6-7-13)11(17)18/h1-9,14H2,(H,15,16)(H,17,18). The Balaban J connectivity index is 1.92. The van der Waals surface area contributed by atoms with Crippen LogP contribution in [0, 0.1) is 5.41 Å². The normalized spacial score (nSPS) is 24.3. The summed E-state index contributed by atoms with van der Waals surface area (Å²) in [5.74, 6) is -1.07. The number of aliphatic carboxylic acids is 1. The molecule has 2 rings (SSSR count). The molecule has 0 radical (unpaired) electrons. The summed E-state index contributed by atoms with van der Waals surface area (Å²) < 4.78 is 0. The van der Waals surface area contributed by atoms with Gasteiger partial charge in [0.2, 0.25) is 5.91 Å². The molecule has 0 unspecified atom stereocenters. The smallest absolute Gasteiger partial charge is 0.329 e. The third kappa shape index (κ3) is 2.66. The van der Waals surface area contributed by atoms with Gasteiger partial charge in [-0.25, -0.2) is 4.79 Å². The van der Waals surface area contributed by atoms with Crippen molar-refractivity contribution in [1.82, 2.24) is 5.32 Å². The summed E-state index contributed by atoms with van der Waals surface area (Å²) >= 11 is 0. The average Bonchev–Trinajstić information content (AvgIpc) is 3.11. The molecule has 2 fully saturated rings.